The van der Waals surface area contributed by atoms with Crippen LogP contribution in [0.4, 0.5) is 0 Å². The molecule has 11 heteroatoms. The molecule has 1 rings (SSSR count). The van der Waals surface area contributed by atoms with Gasteiger partial charge in [0.2, 0.25) is 5.91 Å². The molecule has 0 bridgehead atoms. The SMILES string of the molecule is CC(=O)NC1C(OC(C)=O)[C@H](OC(C)=O)C(COC(C)=O)O[C@H]1OCCCBr. The first-order valence-corrected chi connectivity index (χ1v) is 9.85. The van der Waals surface area contributed by atoms with E-state index in [1.165, 1.54) is 27.7 Å². The highest BCUT2D eigenvalue weighted by molar-refractivity contribution is 9.09. The quantitative estimate of drug-likeness (QED) is 0.222. The molecule has 0 aromatic carbocycles. The summed E-state index contributed by atoms with van der Waals surface area (Å²) in [5, 5.41) is 3.31. The van der Waals surface area contributed by atoms with Gasteiger partial charge < -0.3 is 29.0 Å². The Hall–Kier alpha value is -1.72. The lowest BCUT2D eigenvalue weighted by Crippen LogP contribution is -2.66. The zero-order valence-electron chi connectivity index (χ0n) is 16.3. The highest BCUT2D eigenvalue weighted by Crippen LogP contribution is 2.28. The van der Waals surface area contributed by atoms with E-state index in [-0.39, 0.29) is 13.2 Å². The van der Waals surface area contributed by atoms with Crippen LogP contribution in [0.3, 0.4) is 0 Å². The Morgan fingerprint density at radius 2 is 1.57 bits per heavy atom. The third-order valence-corrected chi connectivity index (χ3v) is 4.19. The topological polar surface area (TPSA) is 126 Å². The van der Waals surface area contributed by atoms with Gasteiger partial charge in [-0.05, 0) is 6.42 Å². The number of ether oxygens (including phenoxy) is 5. The largest absolute Gasteiger partial charge is 0.463 e. The normalized spacial score (nSPS) is 26.8. The first-order valence-electron chi connectivity index (χ1n) is 8.73. The van der Waals surface area contributed by atoms with Crippen LogP contribution in [-0.2, 0) is 42.9 Å². The Kier molecular flexibility index (Phi) is 10.4. The molecule has 1 saturated heterocycles. The molecule has 1 fully saturated rings. The molecular formula is C17H26BrNO9. The molecule has 0 aliphatic carbocycles. The Morgan fingerprint density at radius 1 is 0.964 bits per heavy atom. The standard InChI is InChI=1S/C17H26BrNO9/c1-9(20)19-14-16(27-12(4)23)15(26-11(3)22)13(8-25-10(2)21)28-17(14)24-7-5-6-18/h13-17H,5-8H2,1-4H3,(H,19,20)/t13?,14?,15-,16?,17-/m1/s1. The van der Waals surface area contributed by atoms with Crippen LogP contribution >= 0.6 is 15.9 Å². The van der Waals surface area contributed by atoms with Gasteiger partial charge >= 0.3 is 17.9 Å². The first kappa shape index (κ1) is 24.3. The maximum Gasteiger partial charge on any atom is 0.303 e. The summed E-state index contributed by atoms with van der Waals surface area (Å²) >= 11 is 3.29. The van der Waals surface area contributed by atoms with Crippen molar-refractivity contribution in [2.24, 2.45) is 0 Å². The molecule has 3 unspecified atom stereocenters. The van der Waals surface area contributed by atoms with Gasteiger partial charge in [-0.3, -0.25) is 19.2 Å². The molecule has 5 atom stereocenters. The smallest absolute Gasteiger partial charge is 0.303 e. The van der Waals surface area contributed by atoms with E-state index in [4.69, 9.17) is 23.7 Å². The molecule has 1 N–H and O–H groups in total. The average Bonchev–Trinajstić information content (AvgIpc) is 2.57. The van der Waals surface area contributed by atoms with Crippen LogP contribution in [0, 0.1) is 0 Å². The predicted molar refractivity (Wildman–Crippen MR) is 98.4 cm³/mol. The zero-order chi connectivity index (χ0) is 21.3. The summed E-state index contributed by atoms with van der Waals surface area (Å²) in [6.07, 6.45) is -3.54. The predicted octanol–water partition coefficient (Wildman–Crippen LogP) is 0.444. The van der Waals surface area contributed by atoms with Crippen molar-refractivity contribution in [3.8, 4) is 0 Å². The van der Waals surface area contributed by atoms with E-state index in [1.807, 2.05) is 0 Å². The van der Waals surface area contributed by atoms with E-state index in [0.717, 1.165) is 0 Å². The van der Waals surface area contributed by atoms with E-state index in [1.54, 1.807) is 0 Å². The number of halogens is 1. The number of alkyl halides is 1. The van der Waals surface area contributed by atoms with Crippen LogP contribution in [0.1, 0.15) is 34.1 Å². The van der Waals surface area contributed by atoms with Gasteiger partial charge in [0.1, 0.15) is 18.8 Å². The Labute approximate surface area is 171 Å². The second-order valence-corrected chi connectivity index (χ2v) is 6.93. The fourth-order valence-corrected chi connectivity index (χ4v) is 2.92. The van der Waals surface area contributed by atoms with E-state index in [0.29, 0.717) is 11.8 Å². The fraction of sp³-hybridized carbons (Fsp3) is 0.765. The summed E-state index contributed by atoms with van der Waals surface area (Å²) in [6, 6.07) is -0.936. The van der Waals surface area contributed by atoms with Crippen molar-refractivity contribution in [1.82, 2.24) is 5.32 Å². The van der Waals surface area contributed by atoms with Crippen molar-refractivity contribution in [3.05, 3.63) is 0 Å². The minimum atomic E-state index is -1.12. The van der Waals surface area contributed by atoms with E-state index < -0.39 is 54.5 Å². The van der Waals surface area contributed by atoms with Crippen LogP contribution in [0.5, 0.6) is 0 Å². The number of esters is 3. The monoisotopic (exact) mass is 467 g/mol. The summed E-state index contributed by atoms with van der Waals surface area (Å²) in [7, 11) is 0. The second kappa shape index (κ2) is 12.0. The van der Waals surface area contributed by atoms with E-state index >= 15 is 0 Å². The fourth-order valence-electron chi connectivity index (χ4n) is 2.69. The molecule has 0 radical (unpaired) electrons. The van der Waals surface area contributed by atoms with Crippen molar-refractivity contribution >= 4 is 39.7 Å². The van der Waals surface area contributed by atoms with Crippen LogP contribution in [-0.4, -0.2) is 73.0 Å². The van der Waals surface area contributed by atoms with Crippen molar-refractivity contribution in [2.45, 2.75) is 64.8 Å². The molecular weight excluding hydrogens is 442 g/mol. The van der Waals surface area contributed by atoms with Crippen molar-refractivity contribution in [1.29, 1.82) is 0 Å². The van der Waals surface area contributed by atoms with Gasteiger partial charge in [0, 0.05) is 33.0 Å². The molecule has 28 heavy (non-hydrogen) atoms. The summed E-state index contributed by atoms with van der Waals surface area (Å²) < 4.78 is 27.2. The number of rotatable bonds is 9. The molecule has 1 aliphatic rings. The van der Waals surface area contributed by atoms with Crippen LogP contribution < -0.4 is 5.32 Å². The molecule has 10 nitrogen and oxygen atoms in total. The van der Waals surface area contributed by atoms with Gasteiger partial charge in [-0.1, -0.05) is 15.9 Å². The lowest BCUT2D eigenvalue weighted by atomic mass is 9.96. The third-order valence-electron chi connectivity index (χ3n) is 3.63. The molecule has 0 aromatic rings. The van der Waals surface area contributed by atoms with Crippen molar-refractivity contribution < 1.29 is 42.9 Å². The van der Waals surface area contributed by atoms with Crippen LogP contribution in [0.2, 0.25) is 0 Å². The van der Waals surface area contributed by atoms with E-state index in [2.05, 4.69) is 21.2 Å². The number of carbonyl (C=O) groups is 4. The molecule has 1 heterocycles. The third kappa shape index (κ3) is 8.11. The van der Waals surface area contributed by atoms with E-state index in [9.17, 15) is 19.2 Å². The van der Waals surface area contributed by atoms with Crippen molar-refractivity contribution in [3.63, 3.8) is 0 Å². The lowest BCUT2D eigenvalue weighted by molar-refractivity contribution is -0.277. The maximum atomic E-state index is 11.7. The minimum absolute atomic E-state index is 0.254. The maximum absolute atomic E-state index is 11.7. The minimum Gasteiger partial charge on any atom is -0.463 e. The number of amides is 1. The van der Waals surface area contributed by atoms with Gasteiger partial charge in [0.15, 0.2) is 18.5 Å². The highest BCUT2D eigenvalue weighted by atomic mass is 79.9. The highest BCUT2D eigenvalue weighted by Gasteiger charge is 2.51. The first-order chi connectivity index (χ1) is 13.1. The zero-order valence-corrected chi connectivity index (χ0v) is 17.9. The number of hydrogen-bond donors (Lipinski definition) is 1. The molecule has 1 amide bonds. The summed E-state index contributed by atoms with van der Waals surface area (Å²) in [5.74, 6) is -2.28. The summed E-state index contributed by atoms with van der Waals surface area (Å²) in [6.45, 7) is 4.91. The van der Waals surface area contributed by atoms with Gasteiger partial charge in [0.05, 0.1) is 6.61 Å². The summed E-state index contributed by atoms with van der Waals surface area (Å²) in [4.78, 5) is 46.2. The van der Waals surface area contributed by atoms with Crippen molar-refractivity contribution in [2.75, 3.05) is 18.5 Å². The van der Waals surface area contributed by atoms with Gasteiger partial charge in [-0.15, -0.1) is 0 Å². The second-order valence-electron chi connectivity index (χ2n) is 6.13. The average molecular weight is 468 g/mol. The van der Waals surface area contributed by atoms with Gasteiger partial charge in [-0.25, -0.2) is 0 Å². The summed E-state index contributed by atoms with van der Waals surface area (Å²) in [5.41, 5.74) is 0. The molecule has 160 valence electrons. The molecule has 0 saturated carbocycles. The molecule has 0 aromatic heterocycles. The molecule has 0 spiro atoms. The molecule has 1 aliphatic heterocycles. The number of nitrogens with one attached hydrogen (secondary N) is 1. The van der Waals surface area contributed by atoms with Crippen LogP contribution in [0.15, 0.2) is 0 Å². The van der Waals surface area contributed by atoms with Crippen LogP contribution in [0.25, 0.3) is 0 Å². The van der Waals surface area contributed by atoms with Gasteiger partial charge in [-0.2, -0.15) is 0 Å². The Morgan fingerprint density at radius 3 is 2.07 bits per heavy atom. The Balaban J connectivity index is 3.21. The number of hydrogen-bond acceptors (Lipinski definition) is 9. The Bertz CT molecular complexity index is 571. The number of carbonyl (C=O) groups excluding carboxylic acids is 4. The lowest BCUT2D eigenvalue weighted by Gasteiger charge is -2.44. The van der Waals surface area contributed by atoms with Gasteiger partial charge in [0.25, 0.3) is 0 Å².